The lowest BCUT2D eigenvalue weighted by molar-refractivity contribution is -0.121. The van der Waals surface area contributed by atoms with Crippen LogP contribution in [0.1, 0.15) is 39.5 Å². The third kappa shape index (κ3) is 3.34. The standard InChI is InChI=1S/C14H22N4OS2/c1-7(11-6-9-3-4-10(11)5-9)16-12(19)8(2)20-14-18-17-13(15)21-14/h7-11H,3-6H2,1-2H3,(H2,15,17)(H,16,19)/t7-,8-,9-,10-,11-/m0/s1. The highest BCUT2D eigenvalue weighted by atomic mass is 32.2. The zero-order chi connectivity index (χ0) is 15.0. The molecule has 2 aliphatic carbocycles. The number of rotatable bonds is 5. The van der Waals surface area contributed by atoms with Gasteiger partial charge in [0.05, 0.1) is 5.25 Å². The van der Waals surface area contributed by atoms with E-state index < -0.39 is 0 Å². The average Bonchev–Trinajstić information content (AvgIpc) is 3.15. The number of carbonyl (C=O) groups excluding carboxylic acids is 1. The summed E-state index contributed by atoms with van der Waals surface area (Å²) in [6.45, 7) is 4.06. The maximum absolute atomic E-state index is 12.3. The summed E-state index contributed by atoms with van der Waals surface area (Å²) in [5.41, 5.74) is 5.56. The van der Waals surface area contributed by atoms with Gasteiger partial charge in [-0.3, -0.25) is 4.79 Å². The van der Waals surface area contributed by atoms with Gasteiger partial charge in [0.1, 0.15) is 0 Å². The molecule has 7 heteroatoms. The molecule has 0 radical (unpaired) electrons. The molecule has 2 bridgehead atoms. The minimum atomic E-state index is -0.168. The van der Waals surface area contributed by atoms with Gasteiger partial charge in [-0.2, -0.15) is 0 Å². The molecule has 1 heterocycles. The average molecular weight is 326 g/mol. The van der Waals surface area contributed by atoms with E-state index >= 15 is 0 Å². The zero-order valence-corrected chi connectivity index (χ0v) is 14.0. The van der Waals surface area contributed by atoms with Crippen molar-refractivity contribution in [2.75, 3.05) is 5.73 Å². The Balaban J connectivity index is 1.51. The first-order valence-electron chi connectivity index (χ1n) is 7.59. The number of fused-ring (bicyclic) bond motifs is 2. The fourth-order valence-corrected chi connectivity index (χ4v) is 5.62. The molecule has 0 saturated heterocycles. The van der Waals surface area contributed by atoms with Crippen molar-refractivity contribution in [3.05, 3.63) is 0 Å². The molecule has 2 fully saturated rings. The zero-order valence-electron chi connectivity index (χ0n) is 12.4. The van der Waals surface area contributed by atoms with E-state index in [1.165, 1.54) is 48.8 Å². The number of nitrogen functional groups attached to an aromatic ring is 1. The Morgan fingerprint density at radius 2 is 2.19 bits per heavy atom. The minimum Gasteiger partial charge on any atom is -0.374 e. The molecule has 5 nitrogen and oxygen atoms in total. The molecule has 1 aromatic rings. The third-order valence-electron chi connectivity index (χ3n) is 4.87. The van der Waals surface area contributed by atoms with E-state index in [4.69, 9.17) is 5.73 Å². The Labute approximate surface area is 133 Å². The van der Waals surface area contributed by atoms with Crippen LogP contribution >= 0.6 is 23.1 Å². The summed E-state index contributed by atoms with van der Waals surface area (Å²) in [6.07, 6.45) is 5.41. The number of aromatic nitrogens is 2. The molecule has 2 aliphatic rings. The van der Waals surface area contributed by atoms with Gasteiger partial charge in [0, 0.05) is 6.04 Å². The number of amides is 1. The van der Waals surface area contributed by atoms with Crippen LogP contribution in [0.2, 0.25) is 0 Å². The van der Waals surface area contributed by atoms with Crippen LogP contribution in [0.5, 0.6) is 0 Å². The fraction of sp³-hybridized carbons (Fsp3) is 0.786. The highest BCUT2D eigenvalue weighted by Crippen LogP contribution is 2.49. The van der Waals surface area contributed by atoms with Crippen LogP contribution < -0.4 is 11.1 Å². The van der Waals surface area contributed by atoms with E-state index in [0.29, 0.717) is 11.0 Å². The second-order valence-corrected chi connectivity index (χ2v) is 8.90. The van der Waals surface area contributed by atoms with Gasteiger partial charge < -0.3 is 11.1 Å². The first kappa shape index (κ1) is 15.1. The van der Waals surface area contributed by atoms with Crippen molar-refractivity contribution < 1.29 is 4.79 Å². The molecule has 0 unspecified atom stereocenters. The second-order valence-electron chi connectivity index (χ2n) is 6.30. The summed E-state index contributed by atoms with van der Waals surface area (Å²) < 4.78 is 0.753. The number of nitrogens with one attached hydrogen (secondary N) is 1. The van der Waals surface area contributed by atoms with E-state index in [9.17, 15) is 4.79 Å². The van der Waals surface area contributed by atoms with Gasteiger partial charge in [-0.05, 0) is 50.9 Å². The van der Waals surface area contributed by atoms with Crippen LogP contribution in [0.25, 0.3) is 0 Å². The Bertz CT molecular complexity index is 521. The SMILES string of the molecule is C[C@H](Sc1nnc(N)s1)C(=O)N[C@@H](C)[C@@H]1C[C@H]2CC[C@H]1C2. The summed E-state index contributed by atoms with van der Waals surface area (Å²) in [5, 5.41) is 11.2. The van der Waals surface area contributed by atoms with Crippen LogP contribution in [0.4, 0.5) is 5.13 Å². The van der Waals surface area contributed by atoms with Crippen LogP contribution in [0.15, 0.2) is 4.34 Å². The molecule has 0 aromatic carbocycles. The monoisotopic (exact) mass is 326 g/mol. The lowest BCUT2D eigenvalue weighted by Gasteiger charge is -2.29. The van der Waals surface area contributed by atoms with Crippen molar-refractivity contribution in [2.24, 2.45) is 17.8 Å². The van der Waals surface area contributed by atoms with E-state index in [1.54, 1.807) is 0 Å². The molecule has 1 amide bonds. The van der Waals surface area contributed by atoms with Crippen molar-refractivity contribution in [1.82, 2.24) is 15.5 Å². The highest BCUT2D eigenvalue weighted by Gasteiger charge is 2.42. The van der Waals surface area contributed by atoms with E-state index in [1.807, 2.05) is 6.92 Å². The molecule has 5 atom stereocenters. The summed E-state index contributed by atoms with van der Waals surface area (Å²) in [5.74, 6) is 2.50. The number of hydrogen-bond donors (Lipinski definition) is 2. The van der Waals surface area contributed by atoms with E-state index in [0.717, 1.165) is 16.2 Å². The van der Waals surface area contributed by atoms with Gasteiger partial charge in [0.25, 0.3) is 0 Å². The Hall–Kier alpha value is -0.820. The lowest BCUT2D eigenvalue weighted by Crippen LogP contribution is -2.43. The first-order valence-corrected chi connectivity index (χ1v) is 9.28. The topological polar surface area (TPSA) is 80.9 Å². The molecule has 1 aromatic heterocycles. The van der Waals surface area contributed by atoms with E-state index in [2.05, 4.69) is 22.4 Å². The molecule has 0 spiro atoms. The molecule has 3 N–H and O–H groups in total. The first-order chi connectivity index (χ1) is 10.0. The summed E-state index contributed by atoms with van der Waals surface area (Å²) in [6, 6.07) is 0.273. The van der Waals surface area contributed by atoms with Crippen LogP contribution in [-0.4, -0.2) is 27.4 Å². The predicted octanol–water partition coefficient (Wildman–Crippen LogP) is 2.54. The Morgan fingerprint density at radius 3 is 2.76 bits per heavy atom. The normalized spacial score (nSPS) is 30.3. The highest BCUT2D eigenvalue weighted by molar-refractivity contribution is 8.02. The molecule has 2 saturated carbocycles. The quantitative estimate of drug-likeness (QED) is 0.813. The van der Waals surface area contributed by atoms with Crippen LogP contribution in [0, 0.1) is 17.8 Å². The molecule has 116 valence electrons. The van der Waals surface area contributed by atoms with Crippen molar-refractivity contribution >= 4 is 34.1 Å². The number of nitrogens with zero attached hydrogens (tertiary/aromatic N) is 2. The maximum atomic E-state index is 12.3. The van der Waals surface area contributed by atoms with Crippen molar-refractivity contribution in [3.63, 3.8) is 0 Å². The smallest absolute Gasteiger partial charge is 0.233 e. The lowest BCUT2D eigenvalue weighted by atomic mass is 9.84. The molecule has 0 aliphatic heterocycles. The van der Waals surface area contributed by atoms with Gasteiger partial charge in [0.15, 0.2) is 4.34 Å². The van der Waals surface area contributed by atoms with Gasteiger partial charge in [-0.15, -0.1) is 10.2 Å². The van der Waals surface area contributed by atoms with Crippen LogP contribution in [0.3, 0.4) is 0 Å². The van der Waals surface area contributed by atoms with Gasteiger partial charge >= 0.3 is 0 Å². The number of nitrogens with two attached hydrogens (primary N) is 1. The number of anilines is 1. The van der Waals surface area contributed by atoms with Gasteiger partial charge in [-0.25, -0.2) is 0 Å². The fourth-order valence-electron chi connectivity index (χ4n) is 3.83. The number of carbonyl (C=O) groups is 1. The minimum absolute atomic E-state index is 0.0871. The number of thioether (sulfide) groups is 1. The Kier molecular flexibility index (Phi) is 4.40. The van der Waals surface area contributed by atoms with Crippen molar-refractivity contribution in [2.45, 2.75) is 55.2 Å². The number of hydrogen-bond acceptors (Lipinski definition) is 6. The third-order valence-corrected chi connectivity index (χ3v) is 6.81. The van der Waals surface area contributed by atoms with Crippen LogP contribution in [-0.2, 0) is 4.79 Å². The molecular formula is C14H22N4OS2. The summed E-state index contributed by atoms with van der Waals surface area (Å²) >= 11 is 2.75. The predicted molar refractivity (Wildman–Crippen MR) is 86.2 cm³/mol. The molecular weight excluding hydrogens is 304 g/mol. The maximum Gasteiger partial charge on any atom is 0.233 e. The largest absolute Gasteiger partial charge is 0.374 e. The van der Waals surface area contributed by atoms with Gasteiger partial charge in [0.2, 0.25) is 11.0 Å². The van der Waals surface area contributed by atoms with Gasteiger partial charge in [-0.1, -0.05) is 29.5 Å². The molecule has 3 rings (SSSR count). The summed E-state index contributed by atoms with van der Waals surface area (Å²) in [4.78, 5) is 12.3. The molecule has 21 heavy (non-hydrogen) atoms. The summed E-state index contributed by atoms with van der Waals surface area (Å²) in [7, 11) is 0. The second kappa shape index (κ2) is 6.12. The van der Waals surface area contributed by atoms with E-state index in [-0.39, 0.29) is 17.2 Å². The van der Waals surface area contributed by atoms with Crippen molar-refractivity contribution in [1.29, 1.82) is 0 Å². The Morgan fingerprint density at radius 1 is 1.38 bits per heavy atom. The van der Waals surface area contributed by atoms with Crippen molar-refractivity contribution in [3.8, 4) is 0 Å².